The van der Waals surface area contributed by atoms with E-state index < -0.39 is 6.10 Å². The maximum absolute atomic E-state index is 12.1. The van der Waals surface area contributed by atoms with Crippen LogP contribution < -0.4 is 0 Å². The van der Waals surface area contributed by atoms with Crippen molar-refractivity contribution in [2.75, 3.05) is 13.2 Å². The van der Waals surface area contributed by atoms with Crippen molar-refractivity contribution < 1.29 is 24.2 Å². The summed E-state index contributed by atoms with van der Waals surface area (Å²) < 4.78 is 10.6. The van der Waals surface area contributed by atoms with E-state index in [1.54, 1.807) is 0 Å². The molecule has 45 heavy (non-hydrogen) atoms. The van der Waals surface area contributed by atoms with Gasteiger partial charge in [-0.25, -0.2) is 0 Å². The van der Waals surface area contributed by atoms with E-state index in [0.717, 1.165) is 70.6 Å². The molecule has 1 atom stereocenters. The fraction of sp³-hybridized carbons (Fsp3) is 0.750. The smallest absolute Gasteiger partial charge is 0.306 e. The number of esters is 2. The highest BCUT2D eigenvalue weighted by Crippen LogP contribution is 2.11. The minimum Gasteiger partial charge on any atom is -0.462 e. The summed E-state index contributed by atoms with van der Waals surface area (Å²) in [6.07, 6.45) is 44.5. The Hall–Kier alpha value is -2.14. The number of aliphatic hydroxyl groups is 1. The van der Waals surface area contributed by atoms with Gasteiger partial charge in [-0.1, -0.05) is 133 Å². The van der Waals surface area contributed by atoms with Crippen LogP contribution in [0.15, 0.2) is 48.6 Å². The summed E-state index contributed by atoms with van der Waals surface area (Å²) in [6.45, 7) is 4.06. The van der Waals surface area contributed by atoms with Crippen molar-refractivity contribution in [3.05, 3.63) is 48.6 Å². The van der Waals surface area contributed by atoms with Gasteiger partial charge in [0.05, 0.1) is 6.61 Å². The van der Waals surface area contributed by atoms with Crippen molar-refractivity contribution in [1.82, 2.24) is 0 Å². The van der Waals surface area contributed by atoms with Crippen molar-refractivity contribution in [2.24, 2.45) is 0 Å². The van der Waals surface area contributed by atoms with Crippen LogP contribution in [0, 0.1) is 0 Å². The predicted octanol–water partition coefficient (Wildman–Crippen LogP) is 11.5. The number of carbonyl (C=O) groups excluding carboxylic acids is 2. The molecule has 0 bridgehead atoms. The van der Waals surface area contributed by atoms with E-state index in [-0.39, 0.29) is 25.2 Å². The molecule has 0 spiro atoms. The Labute approximate surface area is 278 Å². The predicted molar refractivity (Wildman–Crippen MR) is 191 cm³/mol. The lowest BCUT2D eigenvalue weighted by Crippen LogP contribution is -2.28. The van der Waals surface area contributed by atoms with E-state index in [9.17, 15) is 14.7 Å². The largest absolute Gasteiger partial charge is 0.462 e. The standard InChI is InChI=1S/C40H70O5/c1-3-5-7-9-11-13-15-17-19-20-21-23-25-27-29-31-33-35-40(43)45-38(36-41)37-44-39(42)34-32-30-28-26-24-22-18-16-14-12-10-8-6-4-2/h11,13,16-19,21,23,38,41H,3-10,12,14-15,20,22,24-37H2,1-2H3/b13-11-,18-16-,19-17-,23-21-/t38-/m0/s1. The number of hydrogen-bond donors (Lipinski definition) is 1. The van der Waals surface area contributed by atoms with Crippen LogP contribution >= 0.6 is 0 Å². The van der Waals surface area contributed by atoms with Gasteiger partial charge < -0.3 is 14.6 Å². The number of unbranched alkanes of at least 4 members (excludes halogenated alkanes) is 17. The zero-order chi connectivity index (χ0) is 32.9. The lowest BCUT2D eigenvalue weighted by atomic mass is 10.1. The van der Waals surface area contributed by atoms with Crippen LogP contribution in [0.1, 0.15) is 174 Å². The zero-order valence-electron chi connectivity index (χ0n) is 29.4. The summed E-state index contributed by atoms with van der Waals surface area (Å²) in [5, 5.41) is 9.53. The van der Waals surface area contributed by atoms with Crippen LogP contribution in [0.2, 0.25) is 0 Å². The average molecular weight is 631 g/mol. The first-order valence-corrected chi connectivity index (χ1v) is 18.7. The zero-order valence-corrected chi connectivity index (χ0v) is 29.4. The molecule has 0 rings (SSSR count). The van der Waals surface area contributed by atoms with Gasteiger partial charge in [0.25, 0.3) is 0 Å². The Kier molecular flexibility index (Phi) is 34.6. The van der Waals surface area contributed by atoms with Crippen LogP contribution in [0.4, 0.5) is 0 Å². The second kappa shape index (κ2) is 36.3. The monoisotopic (exact) mass is 631 g/mol. The number of rotatable bonds is 33. The Morgan fingerprint density at radius 1 is 0.511 bits per heavy atom. The molecular formula is C40H70O5. The molecule has 0 aliphatic carbocycles. The lowest BCUT2D eigenvalue weighted by Gasteiger charge is -2.15. The number of aliphatic hydroxyl groups excluding tert-OH is 1. The molecule has 5 nitrogen and oxygen atoms in total. The third kappa shape index (κ3) is 34.6. The van der Waals surface area contributed by atoms with Crippen LogP contribution in [0.5, 0.6) is 0 Å². The fourth-order valence-corrected chi connectivity index (χ4v) is 4.97. The summed E-state index contributed by atoms with van der Waals surface area (Å²) in [6, 6.07) is 0. The number of hydrogen-bond acceptors (Lipinski definition) is 5. The molecule has 1 N–H and O–H groups in total. The highest BCUT2D eigenvalue weighted by molar-refractivity contribution is 5.70. The van der Waals surface area contributed by atoms with Crippen LogP contribution in [0.25, 0.3) is 0 Å². The van der Waals surface area contributed by atoms with Crippen LogP contribution in [-0.4, -0.2) is 36.4 Å². The normalized spacial score (nSPS) is 12.7. The van der Waals surface area contributed by atoms with Gasteiger partial charge in [0.1, 0.15) is 6.61 Å². The summed E-state index contributed by atoms with van der Waals surface area (Å²) in [7, 11) is 0. The molecule has 5 heteroatoms. The molecule has 0 heterocycles. The van der Waals surface area contributed by atoms with Crippen molar-refractivity contribution in [2.45, 2.75) is 180 Å². The van der Waals surface area contributed by atoms with E-state index >= 15 is 0 Å². The lowest BCUT2D eigenvalue weighted by molar-refractivity contribution is -0.161. The van der Waals surface area contributed by atoms with Gasteiger partial charge in [-0.15, -0.1) is 0 Å². The average Bonchev–Trinajstić information content (AvgIpc) is 3.04. The second-order valence-corrected chi connectivity index (χ2v) is 12.3. The van der Waals surface area contributed by atoms with Crippen molar-refractivity contribution in [3.8, 4) is 0 Å². The Morgan fingerprint density at radius 2 is 0.889 bits per heavy atom. The van der Waals surface area contributed by atoms with E-state index in [2.05, 4.69) is 62.5 Å². The molecule has 0 fully saturated rings. The second-order valence-electron chi connectivity index (χ2n) is 12.3. The van der Waals surface area contributed by atoms with E-state index in [0.29, 0.717) is 12.8 Å². The molecule has 0 aromatic heterocycles. The van der Waals surface area contributed by atoms with Crippen molar-refractivity contribution in [1.29, 1.82) is 0 Å². The van der Waals surface area contributed by atoms with Gasteiger partial charge in [0.2, 0.25) is 0 Å². The topological polar surface area (TPSA) is 72.8 Å². The maximum Gasteiger partial charge on any atom is 0.306 e. The molecule has 260 valence electrons. The SMILES string of the molecule is CCCCC/C=C\C/C=C\C/C=C\CCCCCCC(=O)O[C@@H](CO)COC(=O)CCCCCCC/C=C\CCCCCCC. The molecule has 0 aliphatic heterocycles. The first kappa shape index (κ1) is 42.9. The number of allylic oxidation sites excluding steroid dienone is 8. The minimum atomic E-state index is -0.785. The molecule has 0 aromatic carbocycles. The summed E-state index contributed by atoms with van der Waals surface area (Å²) in [5.74, 6) is -0.629. The molecular weight excluding hydrogens is 560 g/mol. The Bertz CT molecular complexity index is 767. The molecule has 0 amide bonds. The maximum atomic E-state index is 12.1. The third-order valence-corrected chi connectivity index (χ3v) is 7.85. The molecule has 0 saturated heterocycles. The van der Waals surface area contributed by atoms with Gasteiger partial charge in [0.15, 0.2) is 6.10 Å². The highest BCUT2D eigenvalue weighted by Gasteiger charge is 2.16. The fourth-order valence-electron chi connectivity index (χ4n) is 4.97. The molecule has 0 unspecified atom stereocenters. The van der Waals surface area contributed by atoms with Crippen molar-refractivity contribution >= 4 is 11.9 Å². The quantitative estimate of drug-likeness (QED) is 0.0444. The van der Waals surface area contributed by atoms with Crippen LogP contribution in [-0.2, 0) is 19.1 Å². The van der Waals surface area contributed by atoms with Gasteiger partial charge in [-0.2, -0.15) is 0 Å². The van der Waals surface area contributed by atoms with E-state index in [1.165, 1.54) is 77.0 Å². The molecule has 0 radical (unpaired) electrons. The number of carbonyl (C=O) groups is 2. The molecule has 0 saturated carbocycles. The van der Waals surface area contributed by atoms with E-state index in [1.807, 2.05) is 0 Å². The first-order valence-electron chi connectivity index (χ1n) is 18.7. The minimum absolute atomic E-state index is 0.0801. The van der Waals surface area contributed by atoms with Gasteiger partial charge in [-0.3, -0.25) is 9.59 Å². The Morgan fingerprint density at radius 3 is 1.40 bits per heavy atom. The summed E-state index contributed by atoms with van der Waals surface area (Å²) in [5.41, 5.74) is 0. The number of ether oxygens (including phenoxy) is 2. The van der Waals surface area contributed by atoms with Crippen molar-refractivity contribution in [3.63, 3.8) is 0 Å². The highest BCUT2D eigenvalue weighted by atomic mass is 16.6. The van der Waals surface area contributed by atoms with Gasteiger partial charge in [0, 0.05) is 12.8 Å². The summed E-state index contributed by atoms with van der Waals surface area (Å²) >= 11 is 0. The van der Waals surface area contributed by atoms with Gasteiger partial charge >= 0.3 is 11.9 Å². The first-order chi connectivity index (χ1) is 22.1. The Balaban J connectivity index is 3.64. The van der Waals surface area contributed by atoms with Gasteiger partial charge in [-0.05, 0) is 77.0 Å². The molecule has 0 aliphatic rings. The third-order valence-electron chi connectivity index (χ3n) is 7.85. The summed E-state index contributed by atoms with van der Waals surface area (Å²) in [4.78, 5) is 24.2. The van der Waals surface area contributed by atoms with E-state index in [4.69, 9.17) is 9.47 Å². The molecule has 0 aromatic rings. The van der Waals surface area contributed by atoms with Crippen LogP contribution in [0.3, 0.4) is 0 Å².